The number of carbonyl (C=O) groups excluding carboxylic acids is 1. The largest absolute Gasteiger partial charge is 0.478 e. The Balaban J connectivity index is 2.29. The van der Waals surface area contributed by atoms with Gasteiger partial charge in [0, 0.05) is 5.69 Å². The van der Waals surface area contributed by atoms with Crippen molar-refractivity contribution in [3.8, 4) is 0 Å². The van der Waals surface area contributed by atoms with E-state index < -0.39 is 32.7 Å². The molecule has 0 aliphatic rings. The molecular formula is C16H14FNO6S. The Morgan fingerprint density at radius 2 is 1.72 bits per heavy atom. The molecule has 2 aromatic carbocycles. The van der Waals surface area contributed by atoms with Crippen LogP contribution in [0.5, 0.6) is 0 Å². The summed E-state index contributed by atoms with van der Waals surface area (Å²) < 4.78 is 45.3. The van der Waals surface area contributed by atoms with Crippen LogP contribution < -0.4 is 4.72 Å². The molecule has 0 aliphatic carbocycles. The SMILES string of the molecule is CCOC(=O)c1ccc(NS(=O)(=O)c2cc(C(=O)O)ccc2F)cc1. The van der Waals surface area contributed by atoms with Crippen molar-refractivity contribution in [3.63, 3.8) is 0 Å². The number of rotatable bonds is 6. The molecule has 0 bridgehead atoms. The van der Waals surface area contributed by atoms with E-state index in [0.29, 0.717) is 0 Å². The lowest BCUT2D eigenvalue weighted by atomic mass is 10.2. The van der Waals surface area contributed by atoms with Crippen LogP contribution in [0.2, 0.25) is 0 Å². The van der Waals surface area contributed by atoms with E-state index in [-0.39, 0.29) is 23.4 Å². The van der Waals surface area contributed by atoms with Crippen molar-refractivity contribution < 1.29 is 32.2 Å². The summed E-state index contributed by atoms with van der Waals surface area (Å²) in [5.41, 5.74) is -0.0588. The van der Waals surface area contributed by atoms with Gasteiger partial charge in [-0.15, -0.1) is 0 Å². The lowest BCUT2D eigenvalue weighted by molar-refractivity contribution is 0.0526. The molecule has 0 saturated carbocycles. The fourth-order valence-corrected chi connectivity index (χ4v) is 3.10. The molecule has 0 amide bonds. The fraction of sp³-hybridized carbons (Fsp3) is 0.125. The van der Waals surface area contributed by atoms with Gasteiger partial charge in [0.1, 0.15) is 10.7 Å². The van der Waals surface area contributed by atoms with E-state index in [1.807, 2.05) is 0 Å². The van der Waals surface area contributed by atoms with Crippen LogP contribution >= 0.6 is 0 Å². The minimum Gasteiger partial charge on any atom is -0.478 e. The normalized spacial score (nSPS) is 11.0. The summed E-state index contributed by atoms with van der Waals surface area (Å²) in [4.78, 5) is 21.7. The molecular weight excluding hydrogens is 353 g/mol. The number of carbonyl (C=O) groups is 2. The highest BCUT2D eigenvalue weighted by atomic mass is 32.2. The number of carboxylic acid groups (broad SMARTS) is 1. The van der Waals surface area contributed by atoms with E-state index in [0.717, 1.165) is 18.2 Å². The summed E-state index contributed by atoms with van der Waals surface area (Å²) in [5, 5.41) is 8.90. The highest BCUT2D eigenvalue weighted by molar-refractivity contribution is 7.92. The average Bonchev–Trinajstić information content (AvgIpc) is 2.55. The molecule has 0 atom stereocenters. The minimum absolute atomic E-state index is 0.0770. The molecule has 2 N–H and O–H groups in total. The topological polar surface area (TPSA) is 110 Å². The van der Waals surface area contributed by atoms with Crippen molar-refractivity contribution in [1.29, 1.82) is 0 Å². The number of nitrogens with one attached hydrogen (secondary N) is 1. The molecule has 25 heavy (non-hydrogen) atoms. The van der Waals surface area contributed by atoms with Gasteiger partial charge in [0.05, 0.1) is 17.7 Å². The number of benzene rings is 2. The monoisotopic (exact) mass is 367 g/mol. The maximum Gasteiger partial charge on any atom is 0.338 e. The zero-order valence-electron chi connectivity index (χ0n) is 13.0. The van der Waals surface area contributed by atoms with E-state index in [2.05, 4.69) is 4.72 Å². The van der Waals surface area contributed by atoms with E-state index >= 15 is 0 Å². The van der Waals surface area contributed by atoms with Crippen LogP contribution in [0.1, 0.15) is 27.6 Å². The molecule has 0 aromatic heterocycles. The summed E-state index contributed by atoms with van der Waals surface area (Å²) >= 11 is 0. The summed E-state index contributed by atoms with van der Waals surface area (Å²) in [6.45, 7) is 1.85. The second-order valence-corrected chi connectivity index (χ2v) is 6.50. The highest BCUT2D eigenvalue weighted by Crippen LogP contribution is 2.21. The van der Waals surface area contributed by atoms with Crippen LogP contribution in [0.25, 0.3) is 0 Å². The lowest BCUT2D eigenvalue weighted by Crippen LogP contribution is -2.15. The number of sulfonamides is 1. The molecule has 2 aromatic rings. The molecule has 0 fully saturated rings. The summed E-state index contributed by atoms with van der Waals surface area (Å²) in [6.07, 6.45) is 0. The Kier molecular flexibility index (Phi) is 5.38. The number of hydrogen-bond acceptors (Lipinski definition) is 5. The van der Waals surface area contributed by atoms with Crippen molar-refractivity contribution in [1.82, 2.24) is 0 Å². The first-order valence-corrected chi connectivity index (χ1v) is 8.55. The van der Waals surface area contributed by atoms with E-state index in [4.69, 9.17) is 9.84 Å². The number of carboxylic acids is 1. The predicted octanol–water partition coefficient (Wildman–Crippen LogP) is 2.50. The van der Waals surface area contributed by atoms with Gasteiger partial charge in [-0.2, -0.15) is 0 Å². The Morgan fingerprint density at radius 3 is 2.28 bits per heavy atom. The number of aromatic carboxylic acids is 1. The zero-order valence-corrected chi connectivity index (χ0v) is 13.8. The van der Waals surface area contributed by atoms with Crippen LogP contribution in [0, 0.1) is 5.82 Å². The fourth-order valence-electron chi connectivity index (χ4n) is 1.94. The van der Waals surface area contributed by atoms with E-state index in [1.165, 1.54) is 24.3 Å². The highest BCUT2D eigenvalue weighted by Gasteiger charge is 2.21. The first-order chi connectivity index (χ1) is 11.7. The number of halogens is 1. The second kappa shape index (κ2) is 7.31. The number of ether oxygens (including phenoxy) is 1. The zero-order chi connectivity index (χ0) is 18.6. The Labute approximate surface area is 143 Å². The van der Waals surface area contributed by atoms with Gasteiger partial charge < -0.3 is 9.84 Å². The van der Waals surface area contributed by atoms with Gasteiger partial charge in [-0.25, -0.2) is 22.4 Å². The van der Waals surface area contributed by atoms with Crippen molar-refractivity contribution in [2.75, 3.05) is 11.3 Å². The van der Waals surface area contributed by atoms with Crippen molar-refractivity contribution in [2.45, 2.75) is 11.8 Å². The van der Waals surface area contributed by atoms with Crippen LogP contribution in [0.4, 0.5) is 10.1 Å². The molecule has 0 unspecified atom stereocenters. The molecule has 7 nitrogen and oxygen atoms in total. The van der Waals surface area contributed by atoms with Crippen LogP contribution in [0.15, 0.2) is 47.4 Å². The molecule has 0 saturated heterocycles. The molecule has 0 aliphatic heterocycles. The molecule has 9 heteroatoms. The predicted molar refractivity (Wildman–Crippen MR) is 86.6 cm³/mol. The third-order valence-corrected chi connectivity index (χ3v) is 4.51. The molecule has 2 rings (SSSR count). The first-order valence-electron chi connectivity index (χ1n) is 7.07. The maximum absolute atomic E-state index is 13.8. The third-order valence-electron chi connectivity index (χ3n) is 3.12. The molecule has 132 valence electrons. The smallest absolute Gasteiger partial charge is 0.338 e. The molecule has 0 radical (unpaired) electrons. The average molecular weight is 367 g/mol. The Bertz CT molecular complexity index is 909. The maximum atomic E-state index is 13.8. The van der Waals surface area contributed by atoms with Crippen LogP contribution in [-0.4, -0.2) is 32.1 Å². The van der Waals surface area contributed by atoms with Gasteiger partial charge in [0.25, 0.3) is 10.0 Å². The first kappa shape index (κ1) is 18.4. The van der Waals surface area contributed by atoms with Crippen molar-refractivity contribution in [2.24, 2.45) is 0 Å². The lowest BCUT2D eigenvalue weighted by Gasteiger charge is -2.10. The van der Waals surface area contributed by atoms with Gasteiger partial charge in [0.2, 0.25) is 0 Å². The number of hydrogen-bond donors (Lipinski definition) is 2. The van der Waals surface area contributed by atoms with Gasteiger partial charge >= 0.3 is 11.9 Å². The third kappa shape index (κ3) is 4.32. The van der Waals surface area contributed by atoms with E-state index in [1.54, 1.807) is 6.92 Å². The Hall–Kier alpha value is -2.94. The van der Waals surface area contributed by atoms with Crippen LogP contribution in [0.3, 0.4) is 0 Å². The van der Waals surface area contributed by atoms with Crippen molar-refractivity contribution in [3.05, 3.63) is 59.4 Å². The summed E-state index contributed by atoms with van der Waals surface area (Å²) in [7, 11) is -4.35. The molecule has 0 heterocycles. The molecule has 0 spiro atoms. The summed E-state index contributed by atoms with van der Waals surface area (Å²) in [6, 6.07) is 7.77. The standard InChI is InChI=1S/C16H14FNO6S/c1-2-24-16(21)10-3-6-12(7-4-10)18-25(22,23)14-9-11(15(19)20)5-8-13(14)17/h3-9,18H,2H2,1H3,(H,19,20). The van der Waals surface area contributed by atoms with Gasteiger partial charge in [-0.1, -0.05) is 0 Å². The number of esters is 1. The van der Waals surface area contributed by atoms with Crippen LogP contribution in [-0.2, 0) is 14.8 Å². The minimum atomic E-state index is -4.35. The van der Waals surface area contributed by atoms with E-state index in [9.17, 15) is 22.4 Å². The second-order valence-electron chi connectivity index (χ2n) is 4.85. The quantitative estimate of drug-likeness (QED) is 0.759. The Morgan fingerprint density at radius 1 is 1.12 bits per heavy atom. The van der Waals surface area contributed by atoms with Gasteiger partial charge in [-0.05, 0) is 49.4 Å². The van der Waals surface area contributed by atoms with Gasteiger partial charge in [0.15, 0.2) is 0 Å². The van der Waals surface area contributed by atoms with Gasteiger partial charge in [-0.3, -0.25) is 4.72 Å². The number of anilines is 1. The summed E-state index contributed by atoms with van der Waals surface area (Å²) in [5.74, 6) is -3.02. The van der Waals surface area contributed by atoms with Crippen molar-refractivity contribution >= 4 is 27.6 Å².